The molecule has 4 nitrogen and oxygen atoms in total. The van der Waals surface area contributed by atoms with Gasteiger partial charge in [-0.3, -0.25) is 9.59 Å². The normalized spacial score (nSPS) is 12.5. The summed E-state index contributed by atoms with van der Waals surface area (Å²) in [6.45, 7) is 12.8. The van der Waals surface area contributed by atoms with Crippen LogP contribution >= 0.6 is 0 Å². The van der Waals surface area contributed by atoms with Gasteiger partial charge in [-0.25, -0.2) is 4.39 Å². The maximum Gasteiger partial charge on any atom is 0.242 e. The zero-order valence-corrected chi connectivity index (χ0v) is 20.2. The Kier molecular flexibility index (Phi) is 8.99. The van der Waals surface area contributed by atoms with Crippen LogP contribution in [0.4, 0.5) is 4.39 Å². The summed E-state index contributed by atoms with van der Waals surface area (Å²) in [4.78, 5) is 27.3. The molecule has 0 saturated carbocycles. The number of aryl methyl sites for hydroxylation is 1. The van der Waals surface area contributed by atoms with Crippen molar-refractivity contribution >= 4 is 11.8 Å². The molecule has 32 heavy (non-hydrogen) atoms. The maximum absolute atomic E-state index is 14.3. The second kappa shape index (κ2) is 11.3. The standard InChI is InChI=1S/C27H37FN2O2/c1-19(2)17-29-26(32)20(3)30(18-22-9-7-8-10-24(22)28)25(31)16-13-21-11-14-23(15-12-21)27(4,5)6/h7-12,14-15,19-20H,13,16-18H2,1-6H3,(H,29,32). The molecule has 0 aliphatic carbocycles. The van der Waals surface area contributed by atoms with Crippen molar-refractivity contribution in [3.05, 3.63) is 71.0 Å². The number of nitrogens with one attached hydrogen (secondary N) is 1. The number of carbonyl (C=O) groups is 2. The Morgan fingerprint density at radius 2 is 1.62 bits per heavy atom. The van der Waals surface area contributed by atoms with Gasteiger partial charge in [-0.15, -0.1) is 0 Å². The monoisotopic (exact) mass is 440 g/mol. The highest BCUT2D eigenvalue weighted by molar-refractivity contribution is 5.87. The lowest BCUT2D eigenvalue weighted by Gasteiger charge is -2.29. The van der Waals surface area contributed by atoms with Crippen molar-refractivity contribution in [3.8, 4) is 0 Å². The van der Waals surface area contributed by atoms with Crippen molar-refractivity contribution < 1.29 is 14.0 Å². The third-order valence-corrected chi connectivity index (χ3v) is 5.60. The first kappa shape index (κ1) is 25.6. The predicted molar refractivity (Wildman–Crippen MR) is 128 cm³/mol. The van der Waals surface area contributed by atoms with Crippen LogP contribution in [0.3, 0.4) is 0 Å². The van der Waals surface area contributed by atoms with Crippen LogP contribution in [0, 0.1) is 11.7 Å². The van der Waals surface area contributed by atoms with Gasteiger partial charge in [0.15, 0.2) is 0 Å². The number of rotatable bonds is 9. The fraction of sp³-hybridized carbons (Fsp3) is 0.481. The summed E-state index contributed by atoms with van der Waals surface area (Å²) in [5.41, 5.74) is 2.78. The summed E-state index contributed by atoms with van der Waals surface area (Å²) < 4.78 is 14.3. The Morgan fingerprint density at radius 1 is 1.00 bits per heavy atom. The van der Waals surface area contributed by atoms with Gasteiger partial charge in [-0.1, -0.05) is 77.1 Å². The van der Waals surface area contributed by atoms with Gasteiger partial charge in [0.05, 0.1) is 0 Å². The average Bonchev–Trinajstić information content (AvgIpc) is 2.74. The number of halogens is 1. The van der Waals surface area contributed by atoms with Crippen LogP contribution in [0.5, 0.6) is 0 Å². The van der Waals surface area contributed by atoms with Gasteiger partial charge in [0.25, 0.3) is 0 Å². The Balaban J connectivity index is 2.13. The molecule has 2 aromatic carbocycles. The predicted octanol–water partition coefficient (Wildman–Crippen LogP) is 5.25. The lowest BCUT2D eigenvalue weighted by Crippen LogP contribution is -2.48. The minimum Gasteiger partial charge on any atom is -0.354 e. The van der Waals surface area contributed by atoms with Crippen LogP contribution in [0.15, 0.2) is 48.5 Å². The molecule has 1 atom stereocenters. The summed E-state index contributed by atoms with van der Waals surface area (Å²) in [5, 5.41) is 2.89. The number of carbonyl (C=O) groups excluding carboxylic acids is 2. The van der Waals surface area contributed by atoms with Gasteiger partial charge in [0.1, 0.15) is 11.9 Å². The van der Waals surface area contributed by atoms with E-state index in [1.54, 1.807) is 25.1 Å². The molecule has 0 bridgehead atoms. The molecule has 2 aromatic rings. The van der Waals surface area contributed by atoms with Crippen LogP contribution in [0.25, 0.3) is 0 Å². The third-order valence-electron chi connectivity index (χ3n) is 5.60. The highest BCUT2D eigenvalue weighted by Crippen LogP contribution is 2.23. The molecule has 0 saturated heterocycles. The zero-order chi connectivity index (χ0) is 23.9. The van der Waals surface area contributed by atoms with Crippen LogP contribution in [-0.4, -0.2) is 29.3 Å². The summed E-state index contributed by atoms with van der Waals surface area (Å²) in [6.07, 6.45) is 0.822. The van der Waals surface area contributed by atoms with Gasteiger partial charge >= 0.3 is 0 Å². The molecule has 1 N–H and O–H groups in total. The summed E-state index contributed by atoms with van der Waals surface area (Å²) >= 11 is 0. The first-order valence-corrected chi connectivity index (χ1v) is 11.4. The van der Waals surface area contributed by atoms with E-state index in [-0.39, 0.29) is 36.0 Å². The van der Waals surface area contributed by atoms with E-state index in [2.05, 4.69) is 38.2 Å². The molecule has 1 unspecified atom stereocenters. The number of nitrogens with zero attached hydrogens (tertiary/aromatic N) is 1. The van der Waals surface area contributed by atoms with Crippen LogP contribution in [0.1, 0.15) is 64.7 Å². The van der Waals surface area contributed by atoms with E-state index >= 15 is 0 Å². The molecule has 0 aromatic heterocycles. The fourth-order valence-corrected chi connectivity index (χ4v) is 3.41. The van der Waals surface area contributed by atoms with Gasteiger partial charge in [0.2, 0.25) is 11.8 Å². The average molecular weight is 441 g/mol. The summed E-state index contributed by atoms with van der Waals surface area (Å²) in [6, 6.07) is 14.0. The lowest BCUT2D eigenvalue weighted by molar-refractivity contribution is -0.140. The highest BCUT2D eigenvalue weighted by atomic mass is 19.1. The van der Waals surface area contributed by atoms with E-state index in [4.69, 9.17) is 0 Å². The molecule has 0 fully saturated rings. The molecule has 0 radical (unpaired) electrons. The molecule has 0 aliphatic rings. The zero-order valence-electron chi connectivity index (χ0n) is 20.2. The topological polar surface area (TPSA) is 49.4 Å². The van der Waals surface area contributed by atoms with E-state index in [9.17, 15) is 14.0 Å². The number of amides is 2. The van der Waals surface area contributed by atoms with Gasteiger partial charge in [-0.05, 0) is 41.9 Å². The van der Waals surface area contributed by atoms with Crippen molar-refractivity contribution in [1.82, 2.24) is 10.2 Å². The number of hydrogen-bond acceptors (Lipinski definition) is 2. The van der Waals surface area contributed by atoms with Crippen molar-refractivity contribution in [1.29, 1.82) is 0 Å². The molecular weight excluding hydrogens is 403 g/mol. The molecule has 174 valence electrons. The molecule has 0 spiro atoms. The van der Waals surface area contributed by atoms with Gasteiger partial charge in [0, 0.05) is 25.1 Å². The van der Waals surface area contributed by atoms with E-state index in [1.165, 1.54) is 16.5 Å². The Hall–Kier alpha value is -2.69. The minimum absolute atomic E-state index is 0.0603. The highest BCUT2D eigenvalue weighted by Gasteiger charge is 2.26. The second-order valence-corrected chi connectivity index (χ2v) is 9.87. The Morgan fingerprint density at radius 3 is 2.19 bits per heavy atom. The molecular formula is C27H37FN2O2. The van der Waals surface area contributed by atoms with Crippen molar-refractivity contribution in [2.75, 3.05) is 6.54 Å². The van der Waals surface area contributed by atoms with Crippen LogP contribution < -0.4 is 5.32 Å². The van der Waals surface area contributed by atoms with E-state index in [0.29, 0.717) is 24.4 Å². The Bertz CT molecular complexity index is 901. The van der Waals surface area contributed by atoms with Crippen molar-refractivity contribution in [2.24, 2.45) is 5.92 Å². The summed E-state index contributed by atoms with van der Waals surface area (Å²) in [7, 11) is 0. The van der Waals surface area contributed by atoms with E-state index < -0.39 is 6.04 Å². The molecule has 5 heteroatoms. The minimum atomic E-state index is -0.691. The van der Waals surface area contributed by atoms with Crippen molar-refractivity contribution in [3.63, 3.8) is 0 Å². The van der Waals surface area contributed by atoms with Crippen LogP contribution in [-0.2, 0) is 28.0 Å². The van der Waals surface area contributed by atoms with Crippen molar-refractivity contribution in [2.45, 2.75) is 72.4 Å². The number of benzene rings is 2. The quantitative estimate of drug-likeness (QED) is 0.579. The third kappa shape index (κ3) is 7.47. The number of hydrogen-bond donors (Lipinski definition) is 1. The van der Waals surface area contributed by atoms with E-state index in [0.717, 1.165) is 5.56 Å². The van der Waals surface area contributed by atoms with Crippen LogP contribution in [0.2, 0.25) is 0 Å². The molecule has 2 amide bonds. The smallest absolute Gasteiger partial charge is 0.242 e. The largest absolute Gasteiger partial charge is 0.354 e. The summed E-state index contributed by atoms with van der Waals surface area (Å²) in [5.74, 6) is -0.464. The van der Waals surface area contributed by atoms with Gasteiger partial charge < -0.3 is 10.2 Å². The Labute approximate surface area is 192 Å². The fourth-order valence-electron chi connectivity index (χ4n) is 3.41. The first-order valence-electron chi connectivity index (χ1n) is 11.4. The molecule has 0 aliphatic heterocycles. The molecule has 0 heterocycles. The molecule has 2 rings (SSSR count). The maximum atomic E-state index is 14.3. The SMILES string of the molecule is CC(C)CNC(=O)C(C)N(Cc1ccccc1F)C(=O)CCc1ccc(C(C)(C)C)cc1. The first-order chi connectivity index (χ1) is 15.0. The second-order valence-electron chi connectivity index (χ2n) is 9.87. The lowest BCUT2D eigenvalue weighted by atomic mass is 9.86. The van der Waals surface area contributed by atoms with Gasteiger partial charge in [-0.2, -0.15) is 0 Å². The van der Waals surface area contributed by atoms with E-state index in [1.807, 2.05) is 26.0 Å².